The van der Waals surface area contributed by atoms with Crippen molar-refractivity contribution in [3.8, 4) is 0 Å². The maximum Gasteiger partial charge on any atom is 0.306 e. The minimum atomic E-state index is -0.809. The molecule has 6 nitrogen and oxygen atoms in total. The van der Waals surface area contributed by atoms with Crippen molar-refractivity contribution in [2.45, 2.75) is 258 Å². The van der Waals surface area contributed by atoms with Crippen LogP contribution in [-0.2, 0) is 28.6 Å². The van der Waals surface area contributed by atoms with Crippen LogP contribution in [-0.4, -0.2) is 37.2 Å². The fourth-order valence-electron chi connectivity index (χ4n) is 7.37. The molecule has 0 aromatic rings. The van der Waals surface area contributed by atoms with Gasteiger partial charge in [0.2, 0.25) is 0 Å². The largest absolute Gasteiger partial charge is 0.462 e. The molecule has 0 bridgehead atoms. The van der Waals surface area contributed by atoms with Crippen molar-refractivity contribution in [1.82, 2.24) is 0 Å². The van der Waals surface area contributed by atoms with Gasteiger partial charge in [-0.15, -0.1) is 0 Å². The van der Waals surface area contributed by atoms with Gasteiger partial charge in [-0.1, -0.05) is 208 Å². The summed E-state index contributed by atoms with van der Waals surface area (Å²) in [6, 6.07) is 0. The Morgan fingerprint density at radius 1 is 0.313 bits per heavy atom. The minimum Gasteiger partial charge on any atom is -0.462 e. The molecule has 0 aliphatic rings. The second-order valence-corrected chi connectivity index (χ2v) is 18.1. The number of carbonyl (C=O) groups is 3. The van der Waals surface area contributed by atoms with E-state index in [1.165, 1.54) is 89.9 Å². The molecule has 382 valence electrons. The number of allylic oxidation sites excluding steroid dienone is 16. The van der Waals surface area contributed by atoms with E-state index in [1.807, 2.05) is 0 Å². The van der Waals surface area contributed by atoms with Gasteiger partial charge in [0.05, 0.1) is 0 Å². The third-order valence-electron chi connectivity index (χ3n) is 11.5. The third kappa shape index (κ3) is 53.2. The van der Waals surface area contributed by atoms with E-state index in [1.54, 1.807) is 0 Å². The number of esters is 3. The first-order valence-electron chi connectivity index (χ1n) is 27.7. The highest BCUT2D eigenvalue weighted by Crippen LogP contribution is 2.13. The Hall–Kier alpha value is -3.67. The Labute approximate surface area is 413 Å². The summed E-state index contributed by atoms with van der Waals surface area (Å²) in [5.41, 5.74) is 0. The van der Waals surface area contributed by atoms with E-state index >= 15 is 0 Å². The maximum absolute atomic E-state index is 12.8. The zero-order valence-electron chi connectivity index (χ0n) is 43.6. The molecule has 0 N–H and O–H groups in total. The molecule has 0 aromatic carbocycles. The lowest BCUT2D eigenvalue weighted by Gasteiger charge is -2.18. The van der Waals surface area contributed by atoms with Crippen molar-refractivity contribution in [1.29, 1.82) is 0 Å². The van der Waals surface area contributed by atoms with Crippen LogP contribution in [0.15, 0.2) is 97.2 Å². The number of carbonyl (C=O) groups excluding carboxylic acids is 3. The molecule has 0 rings (SSSR count). The van der Waals surface area contributed by atoms with Gasteiger partial charge in [0, 0.05) is 19.3 Å². The molecular formula is C61H102O6. The van der Waals surface area contributed by atoms with Crippen LogP contribution >= 0.6 is 0 Å². The number of unbranched alkanes of at least 4 members (excludes halogenated alkanes) is 22. The summed E-state index contributed by atoms with van der Waals surface area (Å²) in [6.07, 6.45) is 72.5. The van der Waals surface area contributed by atoms with Crippen molar-refractivity contribution in [3.63, 3.8) is 0 Å². The van der Waals surface area contributed by atoms with Crippen molar-refractivity contribution in [3.05, 3.63) is 97.2 Å². The first kappa shape index (κ1) is 63.3. The minimum absolute atomic E-state index is 0.104. The molecule has 0 saturated carbocycles. The number of rotatable bonds is 49. The van der Waals surface area contributed by atoms with Crippen molar-refractivity contribution < 1.29 is 28.6 Å². The topological polar surface area (TPSA) is 78.9 Å². The Morgan fingerprint density at radius 2 is 0.582 bits per heavy atom. The van der Waals surface area contributed by atoms with E-state index < -0.39 is 6.10 Å². The smallest absolute Gasteiger partial charge is 0.306 e. The second kappa shape index (κ2) is 54.9. The van der Waals surface area contributed by atoms with Gasteiger partial charge in [0.1, 0.15) is 13.2 Å². The zero-order chi connectivity index (χ0) is 48.6. The van der Waals surface area contributed by atoms with Gasteiger partial charge >= 0.3 is 17.9 Å². The maximum atomic E-state index is 12.8. The molecule has 0 aromatic heterocycles. The normalized spacial score (nSPS) is 12.8. The van der Waals surface area contributed by atoms with E-state index in [-0.39, 0.29) is 37.5 Å². The van der Waals surface area contributed by atoms with Crippen LogP contribution in [0.4, 0.5) is 0 Å². The van der Waals surface area contributed by atoms with E-state index in [0.717, 1.165) is 116 Å². The van der Waals surface area contributed by atoms with Crippen molar-refractivity contribution in [2.75, 3.05) is 13.2 Å². The van der Waals surface area contributed by atoms with Crippen molar-refractivity contribution >= 4 is 17.9 Å². The Kier molecular flexibility index (Phi) is 51.9. The molecule has 6 heteroatoms. The molecule has 1 unspecified atom stereocenters. The summed E-state index contributed by atoms with van der Waals surface area (Å²) in [6.45, 7) is 6.44. The predicted molar refractivity (Wildman–Crippen MR) is 288 cm³/mol. The SMILES string of the molecule is CC/C=C\C/C=C\C/C=C\C/C=C\CCCCC(=O)OC(COC(=O)CCCCCCC/C=C\CCCCCC)COC(=O)CCCCCCCC/C=C\C/C=C\C/C=C\CCCCCCC. The van der Waals surface area contributed by atoms with Crippen LogP contribution in [0, 0.1) is 0 Å². The standard InChI is InChI=1S/C61H102O6/c1-4-7-10-13-16-19-22-25-27-28-29-30-31-32-34-36-39-42-45-48-51-54-60(63)66-57-58(56-65-59(62)53-50-47-44-41-38-35-24-21-18-15-12-9-6-3)67-61(64)55-52-49-46-43-40-37-33-26-23-20-17-14-11-8-5-2/h8,11,17,20-22,24-26,28-29,31-33,40,43,58H,4-7,9-10,12-16,18-19,23,27,30,34-39,41-42,44-57H2,1-3H3/b11-8-,20-17-,24-21-,25-22-,29-28-,32-31-,33-26-,43-40-. The molecule has 0 heterocycles. The molecule has 0 radical (unpaired) electrons. The molecule has 0 amide bonds. The first-order chi connectivity index (χ1) is 33.0. The highest BCUT2D eigenvalue weighted by Gasteiger charge is 2.19. The van der Waals surface area contributed by atoms with Gasteiger partial charge in [0.25, 0.3) is 0 Å². The number of hydrogen-bond acceptors (Lipinski definition) is 6. The first-order valence-corrected chi connectivity index (χ1v) is 27.7. The lowest BCUT2D eigenvalue weighted by Crippen LogP contribution is -2.30. The average molecular weight is 931 g/mol. The van der Waals surface area contributed by atoms with Crippen LogP contribution < -0.4 is 0 Å². The van der Waals surface area contributed by atoms with E-state index in [2.05, 4.69) is 118 Å². The second-order valence-electron chi connectivity index (χ2n) is 18.1. The number of hydrogen-bond donors (Lipinski definition) is 0. The Morgan fingerprint density at radius 3 is 0.970 bits per heavy atom. The summed E-state index contributed by atoms with van der Waals surface area (Å²) >= 11 is 0. The predicted octanol–water partition coefficient (Wildman–Crippen LogP) is 18.5. The molecule has 1 atom stereocenters. The monoisotopic (exact) mass is 931 g/mol. The Balaban J connectivity index is 4.45. The van der Waals surface area contributed by atoms with Gasteiger partial charge in [-0.05, 0) is 122 Å². The quantitative estimate of drug-likeness (QED) is 0.0262. The van der Waals surface area contributed by atoms with E-state index in [9.17, 15) is 14.4 Å². The molecule has 67 heavy (non-hydrogen) atoms. The van der Waals surface area contributed by atoms with Crippen LogP contribution in [0.5, 0.6) is 0 Å². The third-order valence-corrected chi connectivity index (χ3v) is 11.5. The van der Waals surface area contributed by atoms with Gasteiger partial charge in [-0.2, -0.15) is 0 Å². The van der Waals surface area contributed by atoms with E-state index in [4.69, 9.17) is 14.2 Å². The highest BCUT2D eigenvalue weighted by atomic mass is 16.6. The lowest BCUT2D eigenvalue weighted by atomic mass is 10.1. The summed E-state index contributed by atoms with van der Waals surface area (Å²) < 4.78 is 16.8. The summed E-state index contributed by atoms with van der Waals surface area (Å²) in [5, 5.41) is 0. The molecular weight excluding hydrogens is 829 g/mol. The van der Waals surface area contributed by atoms with Crippen molar-refractivity contribution in [2.24, 2.45) is 0 Å². The van der Waals surface area contributed by atoms with Crippen LogP contribution in [0.3, 0.4) is 0 Å². The average Bonchev–Trinajstić information content (AvgIpc) is 3.33. The van der Waals surface area contributed by atoms with Crippen LogP contribution in [0.2, 0.25) is 0 Å². The van der Waals surface area contributed by atoms with E-state index in [0.29, 0.717) is 19.3 Å². The number of ether oxygens (including phenoxy) is 3. The molecule has 0 aliphatic carbocycles. The molecule has 0 spiro atoms. The fourth-order valence-corrected chi connectivity index (χ4v) is 7.37. The van der Waals surface area contributed by atoms with Gasteiger partial charge in [-0.3, -0.25) is 14.4 Å². The lowest BCUT2D eigenvalue weighted by molar-refractivity contribution is -0.167. The molecule has 0 saturated heterocycles. The fraction of sp³-hybridized carbons (Fsp3) is 0.689. The summed E-state index contributed by atoms with van der Waals surface area (Å²) in [4.78, 5) is 38.1. The summed E-state index contributed by atoms with van der Waals surface area (Å²) in [7, 11) is 0. The van der Waals surface area contributed by atoms with Gasteiger partial charge in [0.15, 0.2) is 6.10 Å². The van der Waals surface area contributed by atoms with Gasteiger partial charge in [-0.25, -0.2) is 0 Å². The zero-order valence-corrected chi connectivity index (χ0v) is 43.6. The molecule has 0 fully saturated rings. The van der Waals surface area contributed by atoms with Crippen LogP contribution in [0.1, 0.15) is 252 Å². The highest BCUT2D eigenvalue weighted by molar-refractivity contribution is 5.71. The Bertz CT molecular complexity index is 1350. The van der Waals surface area contributed by atoms with Gasteiger partial charge < -0.3 is 14.2 Å². The summed E-state index contributed by atoms with van der Waals surface area (Å²) in [5.74, 6) is -0.967. The van der Waals surface area contributed by atoms with Crippen LogP contribution in [0.25, 0.3) is 0 Å². The molecule has 0 aliphatic heterocycles.